The molecule has 1 aliphatic heterocycles. The van der Waals surface area contributed by atoms with Crippen LogP contribution in [0.1, 0.15) is 55.3 Å². The molecular formula is C18H25NO5. The maximum atomic E-state index is 11.7. The van der Waals surface area contributed by atoms with Gasteiger partial charge in [-0.1, -0.05) is 0 Å². The predicted molar refractivity (Wildman–Crippen MR) is 88.3 cm³/mol. The number of carbonyl (C=O) groups is 1. The summed E-state index contributed by atoms with van der Waals surface area (Å²) in [4.78, 5) is 16.9. The van der Waals surface area contributed by atoms with E-state index in [2.05, 4.69) is 5.48 Å². The summed E-state index contributed by atoms with van der Waals surface area (Å²) in [6.07, 6.45) is 3.47. The van der Waals surface area contributed by atoms with Gasteiger partial charge in [-0.3, -0.25) is 0 Å². The van der Waals surface area contributed by atoms with E-state index in [1.807, 2.05) is 19.9 Å². The van der Waals surface area contributed by atoms with Crippen molar-refractivity contribution in [1.29, 1.82) is 0 Å². The Kier molecular flexibility index (Phi) is 4.69. The summed E-state index contributed by atoms with van der Waals surface area (Å²) in [6, 6.07) is 1.95. The van der Waals surface area contributed by atoms with Crippen molar-refractivity contribution in [1.82, 2.24) is 5.48 Å². The van der Waals surface area contributed by atoms with Crippen molar-refractivity contribution >= 4 is 6.16 Å². The van der Waals surface area contributed by atoms with Crippen LogP contribution in [0.15, 0.2) is 6.07 Å². The number of aryl methyl sites for hydroxylation is 1. The summed E-state index contributed by atoms with van der Waals surface area (Å²) in [7, 11) is 1.61. The number of carbonyl (C=O) groups excluding carboxylic acids is 1. The summed E-state index contributed by atoms with van der Waals surface area (Å²) in [6.45, 7) is 5.87. The van der Waals surface area contributed by atoms with Crippen LogP contribution in [0.4, 0.5) is 4.79 Å². The van der Waals surface area contributed by atoms with Crippen LogP contribution < -0.4 is 15.0 Å². The van der Waals surface area contributed by atoms with Crippen LogP contribution in [0.2, 0.25) is 0 Å². The Morgan fingerprint density at radius 1 is 1.42 bits per heavy atom. The molecule has 1 saturated carbocycles. The molecule has 0 aromatic heterocycles. The Labute approximate surface area is 142 Å². The number of ether oxygens (including phenoxy) is 3. The summed E-state index contributed by atoms with van der Waals surface area (Å²) in [5, 5.41) is 0. The van der Waals surface area contributed by atoms with Crippen molar-refractivity contribution in [2.75, 3.05) is 13.7 Å². The molecule has 1 N–H and O–H groups in total. The zero-order valence-corrected chi connectivity index (χ0v) is 14.7. The molecule has 0 saturated heterocycles. The van der Waals surface area contributed by atoms with E-state index in [1.54, 1.807) is 14.0 Å². The molecule has 1 aliphatic carbocycles. The monoisotopic (exact) mass is 335 g/mol. The third-order valence-electron chi connectivity index (χ3n) is 4.94. The van der Waals surface area contributed by atoms with Gasteiger partial charge in [-0.15, -0.1) is 0 Å². The second kappa shape index (κ2) is 6.61. The normalized spacial score (nSPS) is 20.8. The third-order valence-corrected chi connectivity index (χ3v) is 4.94. The lowest BCUT2D eigenvalue weighted by atomic mass is 9.72. The SMILES string of the molecule is CCOC(=O)Oc1c(C)cc2c(c1C)C(NOC)CC1(CCC1)O2. The van der Waals surface area contributed by atoms with Crippen LogP contribution in [-0.2, 0) is 9.57 Å². The number of hydroxylamine groups is 1. The number of hydrogen-bond acceptors (Lipinski definition) is 6. The van der Waals surface area contributed by atoms with E-state index in [1.165, 1.54) is 6.42 Å². The van der Waals surface area contributed by atoms with Crippen LogP contribution in [0.25, 0.3) is 0 Å². The zero-order valence-electron chi connectivity index (χ0n) is 14.7. The summed E-state index contributed by atoms with van der Waals surface area (Å²) >= 11 is 0. The van der Waals surface area contributed by atoms with E-state index in [4.69, 9.17) is 19.0 Å². The lowest BCUT2D eigenvalue weighted by Crippen LogP contribution is -2.49. The second-order valence-electron chi connectivity index (χ2n) is 6.56. The zero-order chi connectivity index (χ0) is 17.3. The lowest BCUT2D eigenvalue weighted by Gasteiger charge is -2.48. The molecule has 132 valence electrons. The maximum Gasteiger partial charge on any atom is 0.513 e. The molecule has 1 spiro atoms. The van der Waals surface area contributed by atoms with Crippen molar-refractivity contribution < 1.29 is 23.8 Å². The molecule has 1 heterocycles. The lowest BCUT2D eigenvalue weighted by molar-refractivity contribution is -0.0601. The second-order valence-corrected chi connectivity index (χ2v) is 6.56. The Morgan fingerprint density at radius 2 is 2.17 bits per heavy atom. The molecule has 0 radical (unpaired) electrons. The summed E-state index contributed by atoms with van der Waals surface area (Å²) < 4.78 is 16.7. The molecule has 1 atom stereocenters. The molecule has 3 rings (SSSR count). The van der Waals surface area contributed by atoms with E-state index in [-0.39, 0.29) is 18.2 Å². The van der Waals surface area contributed by atoms with E-state index in [0.717, 1.165) is 41.7 Å². The van der Waals surface area contributed by atoms with Gasteiger partial charge in [-0.25, -0.2) is 4.79 Å². The largest absolute Gasteiger partial charge is 0.513 e. The minimum absolute atomic E-state index is 0.00388. The summed E-state index contributed by atoms with van der Waals surface area (Å²) in [5.74, 6) is 1.38. The van der Waals surface area contributed by atoms with E-state index in [9.17, 15) is 4.79 Å². The predicted octanol–water partition coefficient (Wildman–Crippen LogP) is 3.74. The highest BCUT2D eigenvalue weighted by Gasteiger charge is 2.46. The van der Waals surface area contributed by atoms with Crippen molar-refractivity contribution in [2.45, 2.75) is 58.1 Å². The minimum atomic E-state index is -0.688. The molecule has 0 bridgehead atoms. The first kappa shape index (κ1) is 17.0. The molecule has 0 amide bonds. The van der Waals surface area contributed by atoms with Crippen LogP contribution in [0.5, 0.6) is 11.5 Å². The Balaban J connectivity index is 1.99. The van der Waals surface area contributed by atoms with Crippen LogP contribution in [0, 0.1) is 13.8 Å². The molecule has 2 aliphatic rings. The third kappa shape index (κ3) is 2.96. The van der Waals surface area contributed by atoms with Crippen LogP contribution in [0.3, 0.4) is 0 Å². The standard InChI is InChI=1S/C18H25NO5/c1-5-22-17(20)23-16-11(2)9-14-15(12(16)3)13(19-21-4)10-18(24-14)7-6-8-18/h9,13,19H,5-8,10H2,1-4H3. The highest BCUT2D eigenvalue weighted by molar-refractivity contribution is 5.67. The van der Waals surface area contributed by atoms with Crippen molar-refractivity contribution in [3.05, 3.63) is 22.8 Å². The van der Waals surface area contributed by atoms with Crippen molar-refractivity contribution in [3.8, 4) is 11.5 Å². The molecular weight excluding hydrogens is 310 g/mol. The first-order chi connectivity index (χ1) is 11.5. The van der Waals surface area contributed by atoms with E-state index >= 15 is 0 Å². The average Bonchev–Trinajstić information content (AvgIpc) is 2.50. The van der Waals surface area contributed by atoms with Gasteiger partial charge < -0.3 is 19.0 Å². The number of hydrogen-bond donors (Lipinski definition) is 1. The van der Waals surface area contributed by atoms with Gasteiger partial charge in [0.15, 0.2) is 0 Å². The van der Waals surface area contributed by atoms with Gasteiger partial charge in [0.1, 0.15) is 17.1 Å². The highest BCUT2D eigenvalue weighted by Crippen LogP contribution is 2.51. The van der Waals surface area contributed by atoms with Crippen LogP contribution in [-0.4, -0.2) is 25.5 Å². The maximum absolute atomic E-state index is 11.7. The minimum Gasteiger partial charge on any atom is -0.487 e. The molecule has 6 heteroatoms. The Bertz CT molecular complexity index is 639. The number of benzene rings is 1. The van der Waals surface area contributed by atoms with E-state index in [0.29, 0.717) is 5.75 Å². The van der Waals surface area contributed by atoms with Gasteiger partial charge in [0, 0.05) is 17.5 Å². The molecule has 24 heavy (non-hydrogen) atoms. The fourth-order valence-electron chi connectivity index (χ4n) is 3.72. The fraction of sp³-hybridized carbons (Fsp3) is 0.611. The van der Waals surface area contributed by atoms with Gasteiger partial charge in [0.05, 0.1) is 19.8 Å². The molecule has 1 aromatic rings. The molecule has 6 nitrogen and oxygen atoms in total. The van der Waals surface area contributed by atoms with Crippen molar-refractivity contribution in [3.63, 3.8) is 0 Å². The van der Waals surface area contributed by atoms with Gasteiger partial charge in [-0.2, -0.15) is 5.48 Å². The first-order valence-electron chi connectivity index (χ1n) is 8.46. The quantitative estimate of drug-likeness (QED) is 0.514. The smallest absolute Gasteiger partial charge is 0.487 e. The van der Waals surface area contributed by atoms with Gasteiger partial charge in [-0.05, 0) is 51.7 Å². The average molecular weight is 335 g/mol. The first-order valence-corrected chi connectivity index (χ1v) is 8.46. The van der Waals surface area contributed by atoms with Gasteiger partial charge in [0.25, 0.3) is 0 Å². The topological polar surface area (TPSA) is 66.0 Å². The summed E-state index contributed by atoms with van der Waals surface area (Å²) in [5.41, 5.74) is 5.70. The number of fused-ring (bicyclic) bond motifs is 1. The molecule has 1 aromatic carbocycles. The number of rotatable bonds is 4. The van der Waals surface area contributed by atoms with Crippen LogP contribution >= 0.6 is 0 Å². The van der Waals surface area contributed by atoms with E-state index < -0.39 is 6.16 Å². The number of nitrogens with one attached hydrogen (secondary N) is 1. The van der Waals surface area contributed by atoms with Crippen molar-refractivity contribution in [2.24, 2.45) is 0 Å². The van der Waals surface area contributed by atoms with Gasteiger partial charge in [0.2, 0.25) is 0 Å². The van der Waals surface area contributed by atoms with Gasteiger partial charge >= 0.3 is 6.16 Å². The Hall–Kier alpha value is -1.79. The highest BCUT2D eigenvalue weighted by atomic mass is 16.7. The molecule has 1 unspecified atom stereocenters. The molecule has 1 fully saturated rings. The fourth-order valence-corrected chi connectivity index (χ4v) is 3.72. The Morgan fingerprint density at radius 3 is 2.75 bits per heavy atom.